The summed E-state index contributed by atoms with van der Waals surface area (Å²) in [6.45, 7) is 1.53. The fourth-order valence-corrected chi connectivity index (χ4v) is 2.17. The summed E-state index contributed by atoms with van der Waals surface area (Å²) in [6.07, 6.45) is 1.20. The average Bonchev–Trinajstić information content (AvgIpc) is 2.91. The van der Waals surface area contributed by atoms with Crippen LogP contribution in [0.4, 0.5) is 0 Å². The molecule has 3 rings (SSSR count). The van der Waals surface area contributed by atoms with E-state index in [1.54, 1.807) is 0 Å². The van der Waals surface area contributed by atoms with Gasteiger partial charge in [-0.3, -0.25) is 0 Å². The Labute approximate surface area is 105 Å². The Morgan fingerprint density at radius 1 is 1.17 bits per heavy atom. The topological polar surface area (TPSA) is 71.2 Å². The molecule has 1 aliphatic rings. The second-order valence-electron chi connectivity index (χ2n) is 4.57. The maximum absolute atomic E-state index is 10.5. The smallest absolute Gasteiger partial charge is 0.259 e. The maximum Gasteiger partial charge on any atom is 0.259 e. The molecule has 18 heavy (non-hydrogen) atoms. The van der Waals surface area contributed by atoms with Crippen LogP contribution in [0.5, 0.6) is 0 Å². The predicted molar refractivity (Wildman–Crippen MR) is 65.7 cm³/mol. The summed E-state index contributed by atoms with van der Waals surface area (Å²) in [4.78, 5) is 4.32. The van der Waals surface area contributed by atoms with Gasteiger partial charge >= 0.3 is 0 Å². The molecule has 5 heteroatoms. The van der Waals surface area contributed by atoms with Crippen molar-refractivity contribution in [2.24, 2.45) is 0 Å². The van der Waals surface area contributed by atoms with E-state index >= 15 is 0 Å². The van der Waals surface area contributed by atoms with E-state index in [2.05, 4.69) is 15.5 Å². The predicted octanol–water partition coefficient (Wildman–Crippen LogP) is 1.31. The number of benzene rings is 1. The SMILES string of the molecule is OC1(c2nc(-c3ccccc3)no2)CCNCC1. The first-order valence-electron chi connectivity index (χ1n) is 6.11. The van der Waals surface area contributed by atoms with Crippen molar-refractivity contribution in [1.82, 2.24) is 15.5 Å². The Balaban J connectivity index is 1.89. The molecule has 5 nitrogen and oxygen atoms in total. The van der Waals surface area contributed by atoms with Gasteiger partial charge in [0.1, 0.15) is 5.60 Å². The summed E-state index contributed by atoms with van der Waals surface area (Å²) in [5, 5.41) is 17.6. The Kier molecular flexibility index (Phi) is 2.85. The lowest BCUT2D eigenvalue weighted by Crippen LogP contribution is -2.39. The molecule has 0 atom stereocenters. The van der Waals surface area contributed by atoms with E-state index in [1.165, 1.54) is 0 Å². The van der Waals surface area contributed by atoms with Crippen LogP contribution in [0.3, 0.4) is 0 Å². The first kappa shape index (κ1) is 11.4. The lowest BCUT2D eigenvalue weighted by atomic mass is 9.92. The van der Waals surface area contributed by atoms with Crippen LogP contribution in [0, 0.1) is 0 Å². The van der Waals surface area contributed by atoms with Crippen molar-refractivity contribution >= 4 is 0 Å². The van der Waals surface area contributed by atoms with Crippen molar-refractivity contribution in [2.45, 2.75) is 18.4 Å². The van der Waals surface area contributed by atoms with Crippen molar-refractivity contribution in [3.63, 3.8) is 0 Å². The van der Waals surface area contributed by atoms with Gasteiger partial charge in [0.2, 0.25) is 5.82 Å². The normalized spacial score (nSPS) is 18.7. The minimum atomic E-state index is -0.981. The van der Waals surface area contributed by atoms with E-state index < -0.39 is 5.60 Å². The molecule has 0 unspecified atom stereocenters. The molecule has 1 aromatic carbocycles. The first-order valence-corrected chi connectivity index (χ1v) is 6.11. The molecule has 0 saturated carbocycles. The highest BCUT2D eigenvalue weighted by Crippen LogP contribution is 2.30. The summed E-state index contributed by atoms with van der Waals surface area (Å²) in [5.41, 5.74) is -0.0873. The molecule has 1 aliphatic heterocycles. The van der Waals surface area contributed by atoms with Crippen LogP contribution in [-0.2, 0) is 5.60 Å². The lowest BCUT2D eigenvalue weighted by molar-refractivity contribution is -0.0228. The molecule has 2 aromatic rings. The van der Waals surface area contributed by atoms with E-state index in [4.69, 9.17) is 4.52 Å². The Morgan fingerprint density at radius 3 is 2.61 bits per heavy atom. The number of nitrogens with zero attached hydrogens (tertiary/aromatic N) is 2. The van der Waals surface area contributed by atoms with Crippen molar-refractivity contribution in [2.75, 3.05) is 13.1 Å². The van der Waals surface area contributed by atoms with Gasteiger partial charge in [-0.25, -0.2) is 0 Å². The molecule has 0 bridgehead atoms. The van der Waals surface area contributed by atoms with Crippen LogP contribution in [0.2, 0.25) is 0 Å². The number of rotatable bonds is 2. The van der Waals surface area contributed by atoms with Gasteiger partial charge in [-0.15, -0.1) is 0 Å². The molecule has 1 fully saturated rings. The zero-order valence-corrected chi connectivity index (χ0v) is 9.97. The number of piperidine rings is 1. The van der Waals surface area contributed by atoms with Crippen LogP contribution in [0.1, 0.15) is 18.7 Å². The van der Waals surface area contributed by atoms with Crippen molar-refractivity contribution in [3.8, 4) is 11.4 Å². The minimum Gasteiger partial charge on any atom is -0.380 e. The van der Waals surface area contributed by atoms with E-state index in [0.29, 0.717) is 24.6 Å². The van der Waals surface area contributed by atoms with Gasteiger partial charge in [-0.05, 0) is 25.9 Å². The third-order valence-corrected chi connectivity index (χ3v) is 3.29. The second-order valence-corrected chi connectivity index (χ2v) is 4.57. The summed E-state index contributed by atoms with van der Waals surface area (Å²) in [7, 11) is 0. The van der Waals surface area contributed by atoms with Gasteiger partial charge in [0.25, 0.3) is 5.89 Å². The minimum absolute atomic E-state index is 0.322. The molecule has 1 aromatic heterocycles. The number of nitrogens with one attached hydrogen (secondary N) is 1. The van der Waals surface area contributed by atoms with Gasteiger partial charge in [0.15, 0.2) is 0 Å². The van der Waals surface area contributed by atoms with E-state index in [9.17, 15) is 5.11 Å². The van der Waals surface area contributed by atoms with Crippen LogP contribution in [0.15, 0.2) is 34.9 Å². The Bertz CT molecular complexity index is 518. The number of hydrogen-bond donors (Lipinski definition) is 2. The number of aliphatic hydroxyl groups is 1. The Morgan fingerprint density at radius 2 is 1.89 bits per heavy atom. The average molecular weight is 245 g/mol. The van der Waals surface area contributed by atoms with E-state index in [0.717, 1.165) is 18.7 Å². The molecular formula is C13H15N3O2. The van der Waals surface area contributed by atoms with Crippen molar-refractivity contribution < 1.29 is 9.63 Å². The molecule has 0 amide bonds. The Hall–Kier alpha value is -1.72. The zero-order valence-electron chi connectivity index (χ0n) is 9.97. The summed E-state index contributed by atoms with van der Waals surface area (Å²) in [5.74, 6) is 0.848. The van der Waals surface area contributed by atoms with Crippen LogP contribution in [0.25, 0.3) is 11.4 Å². The van der Waals surface area contributed by atoms with Crippen LogP contribution in [-0.4, -0.2) is 28.3 Å². The van der Waals surface area contributed by atoms with Crippen LogP contribution < -0.4 is 5.32 Å². The lowest BCUT2D eigenvalue weighted by Gasteiger charge is -2.28. The molecule has 0 radical (unpaired) electrons. The van der Waals surface area contributed by atoms with Crippen molar-refractivity contribution in [1.29, 1.82) is 0 Å². The zero-order chi connectivity index (χ0) is 12.4. The molecule has 94 valence electrons. The highest BCUT2D eigenvalue weighted by atomic mass is 16.5. The molecular weight excluding hydrogens is 230 g/mol. The number of aromatic nitrogens is 2. The molecule has 2 N–H and O–H groups in total. The van der Waals surface area contributed by atoms with Crippen molar-refractivity contribution in [3.05, 3.63) is 36.2 Å². The molecule has 1 saturated heterocycles. The monoisotopic (exact) mass is 245 g/mol. The molecule has 0 aliphatic carbocycles. The number of hydrogen-bond acceptors (Lipinski definition) is 5. The highest BCUT2D eigenvalue weighted by molar-refractivity contribution is 5.53. The fraction of sp³-hybridized carbons (Fsp3) is 0.385. The van der Waals surface area contributed by atoms with Gasteiger partial charge in [0, 0.05) is 5.56 Å². The fourth-order valence-electron chi connectivity index (χ4n) is 2.17. The van der Waals surface area contributed by atoms with E-state index in [-0.39, 0.29) is 0 Å². The summed E-state index contributed by atoms with van der Waals surface area (Å²) >= 11 is 0. The second kappa shape index (κ2) is 4.51. The van der Waals surface area contributed by atoms with Gasteiger partial charge in [-0.1, -0.05) is 35.5 Å². The van der Waals surface area contributed by atoms with Gasteiger partial charge in [0.05, 0.1) is 0 Å². The van der Waals surface area contributed by atoms with Gasteiger partial charge < -0.3 is 14.9 Å². The third-order valence-electron chi connectivity index (χ3n) is 3.29. The first-order chi connectivity index (χ1) is 8.78. The standard InChI is InChI=1S/C13H15N3O2/c17-13(6-8-14-9-7-13)12-15-11(16-18-12)10-4-2-1-3-5-10/h1-5,14,17H,6-9H2. The maximum atomic E-state index is 10.5. The summed E-state index contributed by atoms with van der Waals surface area (Å²) < 4.78 is 5.22. The van der Waals surface area contributed by atoms with E-state index in [1.807, 2.05) is 30.3 Å². The molecule has 2 heterocycles. The van der Waals surface area contributed by atoms with Gasteiger partial charge in [-0.2, -0.15) is 4.98 Å². The summed E-state index contributed by atoms with van der Waals surface area (Å²) in [6, 6.07) is 9.61. The largest absolute Gasteiger partial charge is 0.380 e. The highest BCUT2D eigenvalue weighted by Gasteiger charge is 2.36. The van der Waals surface area contributed by atoms with Crippen LogP contribution >= 0.6 is 0 Å². The third kappa shape index (κ3) is 2.02. The molecule has 0 spiro atoms. The quantitative estimate of drug-likeness (QED) is 0.834.